The number of rotatable bonds is 5. The number of carbonyl (C=O) groups is 2. The van der Waals surface area contributed by atoms with Crippen LogP contribution in [0.2, 0.25) is 0 Å². The second-order valence-corrected chi connectivity index (χ2v) is 7.72. The van der Waals surface area contributed by atoms with E-state index in [1.165, 1.54) is 11.9 Å². The summed E-state index contributed by atoms with van der Waals surface area (Å²) in [6.07, 6.45) is 0.695. The molecule has 2 N–H and O–H groups in total. The van der Waals surface area contributed by atoms with Gasteiger partial charge in [0.15, 0.2) is 0 Å². The van der Waals surface area contributed by atoms with Crippen molar-refractivity contribution in [1.29, 1.82) is 0 Å². The first-order valence-corrected chi connectivity index (χ1v) is 10.3. The van der Waals surface area contributed by atoms with Gasteiger partial charge in [-0.1, -0.05) is 35.3 Å². The third kappa shape index (κ3) is 3.96. The molecule has 9 nitrogen and oxygen atoms in total. The van der Waals surface area contributed by atoms with E-state index in [2.05, 4.69) is 15.5 Å². The summed E-state index contributed by atoms with van der Waals surface area (Å²) in [5, 5.41) is 13.9. The number of hydrogen-bond donors (Lipinski definition) is 2. The SMILES string of the molecule is C/C(=N\NC1=[N+](CCc2ccccc2)C2C(=O)N(C)C(=O)N(C)C2=N1)c1ccc(O)cc1. The van der Waals surface area contributed by atoms with Crippen molar-refractivity contribution < 1.29 is 19.3 Å². The summed E-state index contributed by atoms with van der Waals surface area (Å²) >= 11 is 0. The molecule has 1 fully saturated rings. The van der Waals surface area contributed by atoms with Gasteiger partial charge in [-0.3, -0.25) is 14.6 Å². The van der Waals surface area contributed by atoms with E-state index in [0.29, 0.717) is 30.5 Å². The van der Waals surface area contributed by atoms with Crippen molar-refractivity contribution >= 4 is 29.4 Å². The number of nitrogens with zero attached hydrogens (tertiary/aromatic N) is 5. The number of phenolic OH excluding ortho intramolecular Hbond substituents is 1. The zero-order valence-electron chi connectivity index (χ0n) is 18.2. The second-order valence-electron chi connectivity index (χ2n) is 7.72. The molecule has 0 aromatic heterocycles. The predicted molar refractivity (Wildman–Crippen MR) is 121 cm³/mol. The minimum absolute atomic E-state index is 0.178. The molecule has 2 aromatic rings. The Hall–Kier alpha value is -4.01. The Balaban J connectivity index is 1.65. The number of amidine groups is 1. The monoisotopic (exact) mass is 433 g/mol. The molecule has 2 aromatic carbocycles. The molecule has 1 atom stereocenters. The van der Waals surface area contributed by atoms with E-state index in [9.17, 15) is 14.7 Å². The fourth-order valence-corrected chi connectivity index (χ4v) is 3.72. The fraction of sp³-hybridized carbons (Fsp3) is 0.261. The molecule has 0 aliphatic carbocycles. The van der Waals surface area contributed by atoms with E-state index in [1.54, 1.807) is 31.3 Å². The Morgan fingerprint density at radius 2 is 1.78 bits per heavy atom. The zero-order chi connectivity index (χ0) is 22.8. The number of aliphatic imine (C=N–C) groups is 1. The molecular formula is C23H25N6O3+. The van der Waals surface area contributed by atoms with Crippen molar-refractivity contribution in [2.24, 2.45) is 10.1 Å². The van der Waals surface area contributed by atoms with E-state index in [4.69, 9.17) is 0 Å². The van der Waals surface area contributed by atoms with Gasteiger partial charge in [-0.05, 0) is 42.3 Å². The smallest absolute Gasteiger partial charge is 0.413 e. The topological polar surface area (TPSA) is 101 Å². The Labute approximate surface area is 186 Å². The predicted octanol–water partition coefficient (Wildman–Crippen LogP) is 1.62. The first-order valence-electron chi connectivity index (χ1n) is 10.3. The van der Waals surface area contributed by atoms with Crippen molar-refractivity contribution in [2.75, 3.05) is 20.6 Å². The lowest BCUT2D eigenvalue weighted by molar-refractivity contribution is -0.536. The van der Waals surface area contributed by atoms with Crippen LogP contribution in [-0.4, -0.2) is 75.6 Å². The van der Waals surface area contributed by atoms with Crippen LogP contribution in [0.15, 0.2) is 64.7 Å². The molecule has 0 bridgehead atoms. The van der Waals surface area contributed by atoms with Crippen molar-refractivity contribution in [1.82, 2.24) is 15.2 Å². The first kappa shape index (κ1) is 21.2. The van der Waals surface area contributed by atoms with Crippen LogP contribution in [0.5, 0.6) is 5.75 Å². The second kappa shape index (κ2) is 8.62. The molecule has 2 heterocycles. The van der Waals surface area contributed by atoms with Crippen molar-refractivity contribution in [3.05, 3.63) is 65.7 Å². The lowest BCUT2D eigenvalue weighted by Gasteiger charge is -2.31. The number of likely N-dealkylation sites (N-methyl/N-ethyl adjacent to an activating group) is 2. The van der Waals surface area contributed by atoms with Gasteiger partial charge in [0.05, 0.1) is 12.3 Å². The molecule has 3 amide bonds. The third-order valence-corrected chi connectivity index (χ3v) is 5.62. The summed E-state index contributed by atoms with van der Waals surface area (Å²) in [4.78, 5) is 32.5. The number of fused-ring (bicyclic) bond motifs is 1. The molecule has 32 heavy (non-hydrogen) atoms. The lowest BCUT2D eigenvalue weighted by Crippen LogP contribution is -2.61. The van der Waals surface area contributed by atoms with Crippen LogP contribution < -0.4 is 5.43 Å². The molecule has 1 saturated heterocycles. The van der Waals surface area contributed by atoms with Crippen LogP contribution in [0.25, 0.3) is 0 Å². The van der Waals surface area contributed by atoms with Crippen molar-refractivity contribution in [3.8, 4) is 5.75 Å². The molecule has 9 heteroatoms. The average Bonchev–Trinajstić information content (AvgIpc) is 3.18. The van der Waals surface area contributed by atoms with Gasteiger partial charge in [0, 0.05) is 20.5 Å². The standard InChI is InChI=1S/C23H24N6O3/c1-15(17-9-11-18(30)12-10-17)25-26-22-24-20-19(21(31)28(3)23(32)27(20)2)29(22)14-13-16-7-5-4-6-8-16/h4-12,19H,13-14H2,1-3H3,(H,25,30)/p+1. The molecule has 0 spiro atoms. The number of amides is 3. The number of nitrogens with one attached hydrogen (secondary N) is 1. The van der Waals surface area contributed by atoms with Gasteiger partial charge in [-0.15, -0.1) is 5.10 Å². The number of aromatic hydroxyl groups is 1. The van der Waals surface area contributed by atoms with Gasteiger partial charge < -0.3 is 5.11 Å². The number of benzene rings is 2. The highest BCUT2D eigenvalue weighted by Crippen LogP contribution is 2.19. The Morgan fingerprint density at radius 3 is 2.47 bits per heavy atom. The van der Waals surface area contributed by atoms with Crippen molar-refractivity contribution in [2.45, 2.75) is 19.4 Å². The number of hydrogen-bond acceptors (Lipinski definition) is 6. The molecule has 2 aliphatic rings. The minimum Gasteiger partial charge on any atom is -0.508 e. The normalized spacial score (nSPS) is 18.8. The highest BCUT2D eigenvalue weighted by atomic mass is 16.3. The summed E-state index contributed by atoms with van der Waals surface area (Å²) in [7, 11) is 3.09. The minimum atomic E-state index is -0.696. The van der Waals surface area contributed by atoms with Gasteiger partial charge in [-0.2, -0.15) is 5.43 Å². The van der Waals surface area contributed by atoms with E-state index < -0.39 is 12.1 Å². The number of carbonyl (C=O) groups excluding carboxylic acids is 2. The van der Waals surface area contributed by atoms with Crippen LogP contribution in [0, 0.1) is 0 Å². The van der Waals surface area contributed by atoms with Gasteiger partial charge in [0.2, 0.25) is 11.9 Å². The van der Waals surface area contributed by atoms with E-state index >= 15 is 0 Å². The van der Waals surface area contributed by atoms with Crippen LogP contribution in [0.1, 0.15) is 18.1 Å². The number of urea groups is 1. The number of guanidine groups is 1. The van der Waals surface area contributed by atoms with Crippen molar-refractivity contribution in [3.63, 3.8) is 0 Å². The molecule has 0 radical (unpaired) electrons. The summed E-state index contributed by atoms with van der Waals surface area (Å²) in [6.45, 7) is 2.34. The number of hydrazone groups is 1. The van der Waals surface area contributed by atoms with Crippen LogP contribution in [0.3, 0.4) is 0 Å². The Morgan fingerprint density at radius 1 is 1.09 bits per heavy atom. The maximum atomic E-state index is 13.0. The Kier molecular flexibility index (Phi) is 5.72. The van der Waals surface area contributed by atoms with Gasteiger partial charge in [0.1, 0.15) is 5.75 Å². The highest BCUT2D eigenvalue weighted by molar-refractivity contribution is 6.22. The van der Waals surface area contributed by atoms with Crippen LogP contribution in [-0.2, 0) is 11.2 Å². The maximum Gasteiger partial charge on any atom is 0.413 e. The molecular weight excluding hydrogens is 408 g/mol. The third-order valence-electron chi connectivity index (χ3n) is 5.62. The van der Waals surface area contributed by atoms with E-state index in [0.717, 1.165) is 16.0 Å². The molecule has 4 rings (SSSR count). The lowest BCUT2D eigenvalue weighted by atomic mass is 10.1. The van der Waals surface area contributed by atoms with E-state index in [-0.39, 0.29) is 11.7 Å². The summed E-state index contributed by atoms with van der Waals surface area (Å²) in [5.74, 6) is 0.641. The quantitative estimate of drug-likeness (QED) is 0.425. The number of imide groups is 1. The van der Waals surface area contributed by atoms with E-state index in [1.807, 2.05) is 41.8 Å². The molecule has 0 saturated carbocycles. The molecule has 2 aliphatic heterocycles. The maximum absolute atomic E-state index is 13.0. The summed E-state index contributed by atoms with van der Waals surface area (Å²) in [6, 6.07) is 15.6. The highest BCUT2D eigenvalue weighted by Gasteiger charge is 2.51. The molecule has 1 unspecified atom stereocenters. The molecule has 164 valence electrons. The van der Waals surface area contributed by atoms with Crippen LogP contribution in [0.4, 0.5) is 4.79 Å². The Bertz CT molecular complexity index is 1140. The first-order chi connectivity index (χ1) is 15.4. The number of phenols is 1. The average molecular weight is 433 g/mol. The van der Waals surface area contributed by atoms with Gasteiger partial charge in [0.25, 0.3) is 5.91 Å². The van der Waals surface area contributed by atoms with Crippen LogP contribution >= 0.6 is 0 Å². The summed E-state index contributed by atoms with van der Waals surface area (Å²) in [5.41, 5.74) is 5.62. The van der Waals surface area contributed by atoms with Gasteiger partial charge >= 0.3 is 12.0 Å². The van der Waals surface area contributed by atoms with Gasteiger partial charge in [-0.25, -0.2) is 9.37 Å². The fourth-order valence-electron chi connectivity index (χ4n) is 3.72. The largest absolute Gasteiger partial charge is 0.508 e. The zero-order valence-corrected chi connectivity index (χ0v) is 18.2. The summed E-state index contributed by atoms with van der Waals surface area (Å²) < 4.78 is 1.84.